The molecule has 1 aromatic carbocycles. The van der Waals surface area contributed by atoms with Gasteiger partial charge in [-0.25, -0.2) is 8.42 Å². The summed E-state index contributed by atoms with van der Waals surface area (Å²) in [6, 6.07) is 5.96. The van der Waals surface area contributed by atoms with E-state index in [1.165, 1.54) is 16.4 Å². The van der Waals surface area contributed by atoms with E-state index in [0.29, 0.717) is 12.1 Å². The summed E-state index contributed by atoms with van der Waals surface area (Å²) >= 11 is 0. The summed E-state index contributed by atoms with van der Waals surface area (Å²) in [5, 5.41) is 6.17. The van der Waals surface area contributed by atoms with Crippen molar-refractivity contribution < 1.29 is 13.2 Å². The highest BCUT2D eigenvalue weighted by molar-refractivity contribution is 7.89. The lowest BCUT2D eigenvalue weighted by Crippen LogP contribution is -2.46. The summed E-state index contributed by atoms with van der Waals surface area (Å²) in [6.07, 6.45) is 0. The van der Waals surface area contributed by atoms with Crippen molar-refractivity contribution in [2.24, 2.45) is 0 Å². The Labute approximate surface area is 162 Å². The Balaban J connectivity index is 0.00000338. The number of rotatable bonds is 7. The molecular formula is C17H29ClN4O3S. The van der Waals surface area contributed by atoms with Crippen molar-refractivity contribution in [2.45, 2.75) is 24.8 Å². The van der Waals surface area contributed by atoms with Gasteiger partial charge in [-0.3, -0.25) is 9.69 Å². The number of sulfonamides is 1. The average molecular weight is 405 g/mol. The van der Waals surface area contributed by atoms with Crippen LogP contribution in [-0.4, -0.2) is 75.9 Å². The van der Waals surface area contributed by atoms with Gasteiger partial charge in [0, 0.05) is 57.9 Å². The predicted octanol–water partition coefficient (Wildman–Crippen LogP) is 0.772. The Morgan fingerprint density at radius 2 is 1.81 bits per heavy atom. The number of nitrogens with zero attached hydrogens (tertiary/aromatic N) is 2. The zero-order valence-electron chi connectivity index (χ0n) is 15.6. The first kappa shape index (κ1) is 22.9. The first-order chi connectivity index (χ1) is 11.8. The van der Waals surface area contributed by atoms with Crippen LogP contribution in [0.1, 0.15) is 24.2 Å². The highest BCUT2D eigenvalue weighted by Crippen LogP contribution is 2.17. The molecule has 1 aliphatic rings. The lowest BCUT2D eigenvalue weighted by molar-refractivity contribution is 0.0947. The third-order valence-corrected chi connectivity index (χ3v) is 6.49. The molecule has 1 amide bonds. The minimum atomic E-state index is -3.52. The van der Waals surface area contributed by atoms with Gasteiger partial charge in [0.15, 0.2) is 0 Å². The second-order valence-corrected chi connectivity index (χ2v) is 8.48. The van der Waals surface area contributed by atoms with Gasteiger partial charge in [0.2, 0.25) is 10.0 Å². The summed E-state index contributed by atoms with van der Waals surface area (Å²) < 4.78 is 26.1. The van der Waals surface area contributed by atoms with Crippen LogP contribution in [0.3, 0.4) is 0 Å². The number of piperazine rings is 1. The van der Waals surface area contributed by atoms with Gasteiger partial charge in [0.05, 0.1) is 4.90 Å². The van der Waals surface area contributed by atoms with Crippen LogP contribution in [0.5, 0.6) is 0 Å². The highest BCUT2D eigenvalue weighted by Gasteiger charge is 2.23. The Morgan fingerprint density at radius 1 is 1.23 bits per heavy atom. The molecule has 1 aliphatic heterocycles. The minimum absolute atomic E-state index is 0. The summed E-state index contributed by atoms with van der Waals surface area (Å²) in [5.74, 6) is -0.184. The Bertz CT molecular complexity index is 674. The maximum atomic E-state index is 12.4. The average Bonchev–Trinajstić information content (AvgIpc) is 2.61. The molecule has 1 aromatic rings. The summed E-state index contributed by atoms with van der Waals surface area (Å²) in [4.78, 5) is 14.7. The second-order valence-electron chi connectivity index (χ2n) is 6.49. The maximum absolute atomic E-state index is 12.4. The molecule has 1 fully saturated rings. The van der Waals surface area contributed by atoms with E-state index in [1.54, 1.807) is 19.2 Å². The fourth-order valence-electron chi connectivity index (χ4n) is 2.59. The van der Waals surface area contributed by atoms with Crippen molar-refractivity contribution in [3.8, 4) is 0 Å². The van der Waals surface area contributed by atoms with Crippen LogP contribution in [-0.2, 0) is 10.0 Å². The SMILES string of the molecule is CC(C)N(C)S(=O)(=O)c1ccc(C(=O)NCCN2CCNCC2)cc1.Cl. The van der Waals surface area contributed by atoms with Crippen molar-refractivity contribution in [3.63, 3.8) is 0 Å². The number of benzene rings is 1. The fraction of sp³-hybridized carbons (Fsp3) is 0.588. The molecule has 2 rings (SSSR count). The standard InChI is InChI=1S/C17H28N4O3S.ClH/c1-14(2)20(3)25(23,24)16-6-4-15(5-7-16)17(22)19-10-13-21-11-8-18-9-12-21;/h4-7,14,18H,8-13H2,1-3H3,(H,19,22);1H. The molecule has 0 atom stereocenters. The Hall–Kier alpha value is -1.19. The van der Waals surface area contributed by atoms with E-state index in [1.807, 2.05) is 13.8 Å². The monoisotopic (exact) mass is 404 g/mol. The van der Waals surface area contributed by atoms with Gasteiger partial charge < -0.3 is 10.6 Å². The van der Waals surface area contributed by atoms with Crippen molar-refractivity contribution in [2.75, 3.05) is 46.3 Å². The van der Waals surface area contributed by atoms with E-state index >= 15 is 0 Å². The zero-order chi connectivity index (χ0) is 18.4. The minimum Gasteiger partial charge on any atom is -0.351 e. The number of hydrogen-bond donors (Lipinski definition) is 2. The lowest BCUT2D eigenvalue weighted by atomic mass is 10.2. The quantitative estimate of drug-likeness (QED) is 0.701. The number of amides is 1. The van der Waals surface area contributed by atoms with E-state index < -0.39 is 10.0 Å². The van der Waals surface area contributed by atoms with Crippen molar-refractivity contribution in [3.05, 3.63) is 29.8 Å². The largest absolute Gasteiger partial charge is 0.351 e. The van der Waals surface area contributed by atoms with Gasteiger partial charge in [-0.1, -0.05) is 0 Å². The molecular weight excluding hydrogens is 376 g/mol. The third-order valence-electron chi connectivity index (χ3n) is 4.44. The van der Waals surface area contributed by atoms with Crippen molar-refractivity contribution in [1.82, 2.24) is 19.8 Å². The number of halogens is 1. The van der Waals surface area contributed by atoms with Gasteiger partial charge in [-0.15, -0.1) is 12.4 Å². The topological polar surface area (TPSA) is 81.8 Å². The molecule has 2 N–H and O–H groups in total. The van der Waals surface area contributed by atoms with Crippen molar-refractivity contribution in [1.29, 1.82) is 0 Å². The van der Waals surface area contributed by atoms with Crippen LogP contribution in [0, 0.1) is 0 Å². The van der Waals surface area contributed by atoms with E-state index in [0.717, 1.165) is 32.7 Å². The lowest BCUT2D eigenvalue weighted by Gasteiger charge is -2.27. The van der Waals surface area contributed by atoms with Gasteiger partial charge in [0.1, 0.15) is 0 Å². The molecule has 0 radical (unpaired) electrons. The molecule has 9 heteroatoms. The number of nitrogens with one attached hydrogen (secondary N) is 2. The molecule has 1 saturated heterocycles. The molecule has 0 spiro atoms. The normalized spacial score (nSPS) is 15.7. The molecule has 0 bridgehead atoms. The van der Waals surface area contributed by atoms with Gasteiger partial charge in [0.25, 0.3) is 5.91 Å². The van der Waals surface area contributed by atoms with Gasteiger partial charge in [-0.05, 0) is 38.1 Å². The van der Waals surface area contributed by atoms with Crippen LogP contribution >= 0.6 is 12.4 Å². The Morgan fingerprint density at radius 3 is 2.35 bits per heavy atom. The molecule has 148 valence electrons. The predicted molar refractivity (Wildman–Crippen MR) is 105 cm³/mol. The summed E-state index contributed by atoms with van der Waals surface area (Å²) in [6.45, 7) is 8.98. The van der Waals surface area contributed by atoms with Crippen LogP contribution < -0.4 is 10.6 Å². The van der Waals surface area contributed by atoms with E-state index in [-0.39, 0.29) is 29.3 Å². The summed E-state index contributed by atoms with van der Waals surface area (Å²) in [5.41, 5.74) is 0.464. The molecule has 0 aromatic heterocycles. The first-order valence-corrected chi connectivity index (χ1v) is 10.1. The number of carbonyl (C=O) groups excluding carboxylic acids is 1. The third kappa shape index (κ3) is 5.92. The summed E-state index contributed by atoms with van der Waals surface area (Å²) in [7, 11) is -1.97. The molecule has 0 saturated carbocycles. The number of hydrogen-bond acceptors (Lipinski definition) is 5. The molecule has 0 aliphatic carbocycles. The van der Waals surface area contributed by atoms with Gasteiger partial charge >= 0.3 is 0 Å². The number of carbonyl (C=O) groups is 1. The molecule has 7 nitrogen and oxygen atoms in total. The van der Waals surface area contributed by atoms with E-state index in [9.17, 15) is 13.2 Å². The van der Waals surface area contributed by atoms with Gasteiger partial charge in [-0.2, -0.15) is 4.31 Å². The van der Waals surface area contributed by atoms with E-state index in [4.69, 9.17) is 0 Å². The van der Waals surface area contributed by atoms with E-state index in [2.05, 4.69) is 15.5 Å². The molecule has 0 unspecified atom stereocenters. The van der Waals surface area contributed by atoms with Crippen LogP contribution in [0.4, 0.5) is 0 Å². The van der Waals surface area contributed by atoms with Crippen LogP contribution in [0.25, 0.3) is 0 Å². The smallest absolute Gasteiger partial charge is 0.251 e. The second kappa shape index (κ2) is 10.2. The van der Waals surface area contributed by atoms with Crippen molar-refractivity contribution >= 4 is 28.3 Å². The first-order valence-electron chi connectivity index (χ1n) is 8.61. The molecule has 26 heavy (non-hydrogen) atoms. The molecule has 1 heterocycles. The Kier molecular flexibility index (Phi) is 8.99. The van der Waals surface area contributed by atoms with Crippen LogP contribution in [0.15, 0.2) is 29.2 Å². The van der Waals surface area contributed by atoms with Crippen LogP contribution in [0.2, 0.25) is 0 Å². The zero-order valence-corrected chi connectivity index (χ0v) is 17.2. The fourth-order valence-corrected chi connectivity index (χ4v) is 3.95. The highest BCUT2D eigenvalue weighted by atomic mass is 35.5. The maximum Gasteiger partial charge on any atom is 0.251 e.